The molecule has 0 fully saturated rings. The molecule has 2 aromatic rings. The predicted octanol–water partition coefficient (Wildman–Crippen LogP) is 4.90. The fraction of sp³-hybridized carbons (Fsp3) is 0.409. The lowest BCUT2D eigenvalue weighted by Gasteiger charge is -2.33. The normalized spacial score (nSPS) is 12.3. The average molecular weight is 355 g/mol. The zero-order chi connectivity index (χ0) is 18.9. The second kappa shape index (κ2) is 9.97. The molecular formula is C22H29NO3. The van der Waals surface area contributed by atoms with E-state index in [1.807, 2.05) is 42.5 Å². The van der Waals surface area contributed by atoms with Crippen LogP contribution in [-0.4, -0.2) is 28.6 Å². The number of rotatable bonds is 10. The molecule has 0 saturated carbocycles. The van der Waals surface area contributed by atoms with Crippen molar-refractivity contribution >= 4 is 5.97 Å². The number of hydrogen-bond acceptors (Lipinski definition) is 3. The summed E-state index contributed by atoms with van der Waals surface area (Å²) >= 11 is 0. The van der Waals surface area contributed by atoms with Gasteiger partial charge in [-0.2, -0.15) is 0 Å². The van der Waals surface area contributed by atoms with E-state index in [0.29, 0.717) is 19.1 Å². The summed E-state index contributed by atoms with van der Waals surface area (Å²) in [5.74, 6) is 0.119. The van der Waals surface area contributed by atoms with Gasteiger partial charge in [0, 0.05) is 18.5 Å². The monoisotopic (exact) mass is 355 g/mol. The molecule has 2 rings (SSSR count). The smallest absolute Gasteiger partial charge is 0.303 e. The van der Waals surface area contributed by atoms with Crippen LogP contribution in [0.1, 0.15) is 50.8 Å². The van der Waals surface area contributed by atoms with Crippen LogP contribution in [0.15, 0.2) is 54.6 Å². The van der Waals surface area contributed by atoms with Gasteiger partial charge in [-0.15, -0.1) is 0 Å². The summed E-state index contributed by atoms with van der Waals surface area (Å²) in [7, 11) is 0. The third-order valence-electron chi connectivity index (χ3n) is 4.58. The number of nitrogens with zero attached hydrogens (tertiary/aromatic N) is 1. The standard InChI is InChI=1S/C22H29NO3/c1-17(2)23(15-7-10-22(24)25)18(3)20-11-13-21(14-12-20)26-16-19-8-5-4-6-9-19/h4-6,8-9,11-14,17-18H,7,10,15-16H2,1-3H3,(H,24,25). The average Bonchev–Trinajstić information content (AvgIpc) is 2.64. The second-order valence-corrected chi connectivity index (χ2v) is 6.85. The SMILES string of the molecule is CC(C)N(CCCC(=O)O)C(C)c1ccc(OCc2ccccc2)cc1. The molecule has 1 N–H and O–H groups in total. The molecule has 0 bridgehead atoms. The van der Waals surface area contributed by atoms with E-state index in [-0.39, 0.29) is 12.5 Å². The van der Waals surface area contributed by atoms with Gasteiger partial charge in [0.25, 0.3) is 0 Å². The molecule has 26 heavy (non-hydrogen) atoms. The second-order valence-electron chi connectivity index (χ2n) is 6.85. The van der Waals surface area contributed by atoms with Crippen LogP contribution < -0.4 is 4.74 Å². The van der Waals surface area contributed by atoms with Crippen LogP contribution in [0.2, 0.25) is 0 Å². The van der Waals surface area contributed by atoms with Crippen LogP contribution in [0.5, 0.6) is 5.75 Å². The van der Waals surface area contributed by atoms with E-state index in [1.165, 1.54) is 5.56 Å². The van der Waals surface area contributed by atoms with Crippen molar-refractivity contribution in [2.24, 2.45) is 0 Å². The highest BCUT2D eigenvalue weighted by Gasteiger charge is 2.18. The maximum Gasteiger partial charge on any atom is 0.303 e. The molecule has 0 amide bonds. The Balaban J connectivity index is 1.94. The molecule has 0 spiro atoms. The Morgan fingerprint density at radius 1 is 1.04 bits per heavy atom. The van der Waals surface area contributed by atoms with Crippen LogP contribution in [-0.2, 0) is 11.4 Å². The Morgan fingerprint density at radius 2 is 1.69 bits per heavy atom. The number of carboxylic acid groups (broad SMARTS) is 1. The Morgan fingerprint density at radius 3 is 2.27 bits per heavy atom. The summed E-state index contributed by atoms with van der Waals surface area (Å²) in [5.41, 5.74) is 2.36. The third kappa shape index (κ3) is 6.19. The molecule has 0 aromatic heterocycles. The fourth-order valence-electron chi connectivity index (χ4n) is 3.09. The molecule has 0 aliphatic carbocycles. The Labute approximate surface area is 156 Å². The highest BCUT2D eigenvalue weighted by Crippen LogP contribution is 2.25. The minimum atomic E-state index is -0.735. The van der Waals surface area contributed by atoms with Gasteiger partial charge in [-0.1, -0.05) is 42.5 Å². The van der Waals surface area contributed by atoms with E-state index in [2.05, 4.69) is 37.8 Å². The van der Waals surface area contributed by atoms with Gasteiger partial charge in [-0.3, -0.25) is 9.69 Å². The summed E-state index contributed by atoms with van der Waals surface area (Å²) in [6, 6.07) is 18.9. The van der Waals surface area contributed by atoms with E-state index in [9.17, 15) is 4.79 Å². The minimum Gasteiger partial charge on any atom is -0.489 e. The molecule has 140 valence electrons. The summed E-state index contributed by atoms with van der Waals surface area (Å²) in [6.07, 6.45) is 0.873. The van der Waals surface area contributed by atoms with Crippen molar-refractivity contribution in [2.45, 2.75) is 52.3 Å². The first-order valence-electron chi connectivity index (χ1n) is 9.21. The van der Waals surface area contributed by atoms with Gasteiger partial charge in [-0.25, -0.2) is 0 Å². The van der Waals surface area contributed by atoms with Crippen molar-refractivity contribution in [1.82, 2.24) is 4.90 Å². The van der Waals surface area contributed by atoms with E-state index in [1.54, 1.807) is 0 Å². The Hall–Kier alpha value is -2.33. The van der Waals surface area contributed by atoms with Gasteiger partial charge in [0.15, 0.2) is 0 Å². The third-order valence-corrected chi connectivity index (χ3v) is 4.58. The first-order valence-corrected chi connectivity index (χ1v) is 9.21. The largest absolute Gasteiger partial charge is 0.489 e. The van der Waals surface area contributed by atoms with Crippen molar-refractivity contribution < 1.29 is 14.6 Å². The first kappa shape index (κ1) is 20.0. The lowest BCUT2D eigenvalue weighted by Crippen LogP contribution is -2.34. The van der Waals surface area contributed by atoms with Crippen molar-refractivity contribution in [3.05, 3.63) is 65.7 Å². The van der Waals surface area contributed by atoms with Crippen LogP contribution in [0.4, 0.5) is 0 Å². The molecule has 1 atom stereocenters. The van der Waals surface area contributed by atoms with Gasteiger partial charge in [0.05, 0.1) is 0 Å². The zero-order valence-corrected chi connectivity index (χ0v) is 15.9. The zero-order valence-electron chi connectivity index (χ0n) is 15.9. The Bertz CT molecular complexity index is 668. The highest BCUT2D eigenvalue weighted by atomic mass is 16.5. The number of aliphatic carboxylic acids is 1. The molecule has 0 saturated heterocycles. The summed E-state index contributed by atoms with van der Waals surface area (Å²) in [4.78, 5) is 13.1. The molecule has 0 aliphatic heterocycles. The maximum absolute atomic E-state index is 10.8. The molecular weight excluding hydrogens is 326 g/mol. The van der Waals surface area contributed by atoms with Crippen LogP contribution in [0.3, 0.4) is 0 Å². The van der Waals surface area contributed by atoms with Crippen LogP contribution in [0, 0.1) is 0 Å². The molecule has 4 nitrogen and oxygen atoms in total. The van der Waals surface area contributed by atoms with Gasteiger partial charge in [-0.05, 0) is 57.0 Å². The van der Waals surface area contributed by atoms with Crippen LogP contribution in [0.25, 0.3) is 0 Å². The first-order chi connectivity index (χ1) is 12.5. The fourth-order valence-corrected chi connectivity index (χ4v) is 3.09. The number of ether oxygens (including phenoxy) is 1. The molecule has 0 heterocycles. The number of benzene rings is 2. The maximum atomic E-state index is 10.8. The van der Waals surface area contributed by atoms with Gasteiger partial charge in [0.1, 0.15) is 12.4 Å². The van der Waals surface area contributed by atoms with Gasteiger partial charge in [0.2, 0.25) is 0 Å². The van der Waals surface area contributed by atoms with E-state index in [0.717, 1.165) is 17.9 Å². The minimum absolute atomic E-state index is 0.211. The molecule has 1 unspecified atom stereocenters. The van der Waals surface area contributed by atoms with Crippen molar-refractivity contribution in [2.75, 3.05) is 6.54 Å². The lowest BCUT2D eigenvalue weighted by molar-refractivity contribution is -0.137. The predicted molar refractivity (Wildman–Crippen MR) is 104 cm³/mol. The van der Waals surface area contributed by atoms with E-state index < -0.39 is 5.97 Å². The lowest BCUT2D eigenvalue weighted by atomic mass is 10.0. The summed E-state index contributed by atoms with van der Waals surface area (Å²) in [5, 5.41) is 8.85. The quantitative estimate of drug-likeness (QED) is 0.658. The van der Waals surface area contributed by atoms with Crippen molar-refractivity contribution in [3.63, 3.8) is 0 Å². The number of hydrogen-bond donors (Lipinski definition) is 1. The molecule has 0 radical (unpaired) electrons. The van der Waals surface area contributed by atoms with Crippen molar-refractivity contribution in [1.29, 1.82) is 0 Å². The molecule has 2 aromatic carbocycles. The van der Waals surface area contributed by atoms with Gasteiger partial charge < -0.3 is 9.84 Å². The van der Waals surface area contributed by atoms with Crippen LogP contribution >= 0.6 is 0 Å². The highest BCUT2D eigenvalue weighted by molar-refractivity contribution is 5.66. The topological polar surface area (TPSA) is 49.8 Å². The number of carboxylic acids is 1. The van der Waals surface area contributed by atoms with Gasteiger partial charge >= 0.3 is 5.97 Å². The van der Waals surface area contributed by atoms with Crippen molar-refractivity contribution in [3.8, 4) is 5.75 Å². The van der Waals surface area contributed by atoms with E-state index in [4.69, 9.17) is 9.84 Å². The summed E-state index contributed by atoms with van der Waals surface area (Å²) < 4.78 is 5.85. The summed E-state index contributed by atoms with van der Waals surface area (Å²) in [6.45, 7) is 7.80. The van der Waals surface area contributed by atoms with E-state index >= 15 is 0 Å². The molecule has 0 aliphatic rings. The Kier molecular flexibility index (Phi) is 7.67. The molecule has 4 heteroatoms. The number of carbonyl (C=O) groups is 1.